The lowest BCUT2D eigenvalue weighted by Gasteiger charge is -2.18. The van der Waals surface area contributed by atoms with Crippen LogP contribution in [0.4, 0.5) is 17.3 Å². The summed E-state index contributed by atoms with van der Waals surface area (Å²) in [4.78, 5) is 8.52. The molecule has 1 aliphatic rings. The van der Waals surface area contributed by atoms with Crippen molar-refractivity contribution in [2.75, 3.05) is 24.3 Å². The number of hydrogen-bond donors (Lipinski definition) is 2. The van der Waals surface area contributed by atoms with Crippen LogP contribution in [0.1, 0.15) is 12.0 Å². The summed E-state index contributed by atoms with van der Waals surface area (Å²) in [5.74, 6) is 1.04. The van der Waals surface area contributed by atoms with Gasteiger partial charge in [0.05, 0.1) is 17.8 Å². The third-order valence-corrected chi connectivity index (χ3v) is 3.75. The fourth-order valence-electron chi connectivity index (χ4n) is 2.24. The number of anilines is 3. The molecule has 5 nitrogen and oxygen atoms in total. The second kappa shape index (κ2) is 5.66. The molecule has 1 aromatic heterocycles. The van der Waals surface area contributed by atoms with Crippen LogP contribution in [0.2, 0.25) is 0 Å². The van der Waals surface area contributed by atoms with Crippen LogP contribution in [0.5, 0.6) is 5.88 Å². The van der Waals surface area contributed by atoms with Crippen LogP contribution in [-0.4, -0.2) is 23.6 Å². The van der Waals surface area contributed by atoms with Crippen LogP contribution in [0.3, 0.4) is 0 Å². The molecule has 2 N–H and O–H groups in total. The number of fused-ring (bicyclic) bond motifs is 1. The zero-order chi connectivity index (χ0) is 13.9. The van der Waals surface area contributed by atoms with Crippen molar-refractivity contribution in [2.24, 2.45) is 0 Å². The van der Waals surface area contributed by atoms with Gasteiger partial charge < -0.3 is 15.4 Å². The van der Waals surface area contributed by atoms with Gasteiger partial charge in [-0.2, -0.15) is 4.98 Å². The van der Waals surface area contributed by atoms with E-state index in [1.54, 1.807) is 13.3 Å². The first kappa shape index (κ1) is 13.2. The molecule has 0 unspecified atom stereocenters. The molecule has 0 fully saturated rings. The molecule has 0 bridgehead atoms. The van der Waals surface area contributed by atoms with Crippen LogP contribution in [0, 0.1) is 0 Å². The largest absolute Gasteiger partial charge is 0.480 e. The van der Waals surface area contributed by atoms with E-state index in [-0.39, 0.29) is 0 Å². The second-order valence-corrected chi connectivity index (χ2v) is 5.43. The SMILES string of the molecule is COc1nc(Nc2ccc3c(c2)CCCN3)ncc1Br. The highest BCUT2D eigenvalue weighted by Crippen LogP contribution is 2.27. The molecule has 0 radical (unpaired) electrons. The first-order valence-electron chi connectivity index (χ1n) is 6.46. The topological polar surface area (TPSA) is 59.1 Å². The van der Waals surface area contributed by atoms with Crippen molar-refractivity contribution in [3.8, 4) is 5.88 Å². The van der Waals surface area contributed by atoms with Crippen molar-refractivity contribution < 1.29 is 4.74 Å². The van der Waals surface area contributed by atoms with Gasteiger partial charge in [0, 0.05) is 17.9 Å². The Hall–Kier alpha value is -1.82. The molecule has 0 saturated carbocycles. The molecule has 0 aliphatic carbocycles. The Morgan fingerprint density at radius 1 is 1.40 bits per heavy atom. The highest BCUT2D eigenvalue weighted by Gasteiger charge is 2.10. The molecule has 6 heteroatoms. The minimum absolute atomic E-state index is 0.516. The highest BCUT2D eigenvalue weighted by molar-refractivity contribution is 9.10. The number of rotatable bonds is 3. The maximum atomic E-state index is 5.17. The Morgan fingerprint density at radius 2 is 2.30 bits per heavy atom. The minimum atomic E-state index is 0.516. The monoisotopic (exact) mass is 334 g/mol. The van der Waals surface area contributed by atoms with E-state index in [1.807, 2.05) is 6.07 Å². The van der Waals surface area contributed by atoms with Crippen molar-refractivity contribution in [1.29, 1.82) is 0 Å². The summed E-state index contributed by atoms with van der Waals surface area (Å²) in [6, 6.07) is 6.25. The Bertz CT molecular complexity index is 633. The average molecular weight is 335 g/mol. The lowest BCUT2D eigenvalue weighted by Crippen LogP contribution is -2.11. The summed E-state index contributed by atoms with van der Waals surface area (Å²) < 4.78 is 5.90. The quantitative estimate of drug-likeness (QED) is 0.901. The van der Waals surface area contributed by atoms with Gasteiger partial charge in [0.1, 0.15) is 0 Å². The third-order valence-electron chi connectivity index (χ3n) is 3.21. The van der Waals surface area contributed by atoms with E-state index in [4.69, 9.17) is 4.74 Å². The van der Waals surface area contributed by atoms with E-state index >= 15 is 0 Å². The van der Waals surface area contributed by atoms with E-state index < -0.39 is 0 Å². The van der Waals surface area contributed by atoms with Gasteiger partial charge >= 0.3 is 0 Å². The fourth-order valence-corrected chi connectivity index (χ4v) is 2.59. The van der Waals surface area contributed by atoms with Gasteiger partial charge in [-0.05, 0) is 52.5 Å². The Morgan fingerprint density at radius 3 is 3.15 bits per heavy atom. The maximum Gasteiger partial charge on any atom is 0.232 e. The molecule has 2 heterocycles. The van der Waals surface area contributed by atoms with Crippen molar-refractivity contribution >= 4 is 33.3 Å². The molecule has 1 aromatic carbocycles. The number of nitrogens with zero attached hydrogens (tertiary/aromatic N) is 2. The van der Waals surface area contributed by atoms with E-state index in [0.29, 0.717) is 11.8 Å². The number of halogens is 1. The molecular formula is C14H15BrN4O. The molecular weight excluding hydrogens is 320 g/mol. The minimum Gasteiger partial charge on any atom is -0.480 e. The predicted octanol–water partition coefficient (Wildman–Crippen LogP) is 3.35. The van der Waals surface area contributed by atoms with Gasteiger partial charge in [0.2, 0.25) is 11.8 Å². The number of benzene rings is 1. The first-order valence-corrected chi connectivity index (χ1v) is 7.26. The van der Waals surface area contributed by atoms with Crippen LogP contribution >= 0.6 is 15.9 Å². The van der Waals surface area contributed by atoms with E-state index in [2.05, 4.69) is 48.7 Å². The predicted molar refractivity (Wildman–Crippen MR) is 82.8 cm³/mol. The molecule has 20 heavy (non-hydrogen) atoms. The number of hydrogen-bond acceptors (Lipinski definition) is 5. The smallest absolute Gasteiger partial charge is 0.232 e. The first-order chi connectivity index (χ1) is 9.76. The van der Waals surface area contributed by atoms with E-state index in [9.17, 15) is 0 Å². The average Bonchev–Trinajstić information content (AvgIpc) is 2.49. The van der Waals surface area contributed by atoms with Gasteiger partial charge in [0.15, 0.2) is 0 Å². The van der Waals surface area contributed by atoms with Crippen molar-refractivity contribution in [3.05, 3.63) is 34.4 Å². The van der Waals surface area contributed by atoms with Gasteiger partial charge in [-0.25, -0.2) is 4.98 Å². The molecule has 0 spiro atoms. The molecule has 3 rings (SSSR count). The molecule has 1 aliphatic heterocycles. The lowest BCUT2D eigenvalue weighted by atomic mass is 10.0. The zero-order valence-corrected chi connectivity index (χ0v) is 12.7. The summed E-state index contributed by atoms with van der Waals surface area (Å²) in [7, 11) is 1.58. The standard InChI is InChI=1S/C14H15BrN4O/c1-20-13-11(15)8-17-14(19-13)18-10-4-5-12-9(7-10)3-2-6-16-12/h4-5,7-8,16H,2-3,6H2,1H3,(H,17,18,19). The summed E-state index contributed by atoms with van der Waals surface area (Å²) in [5.41, 5.74) is 3.53. The zero-order valence-electron chi connectivity index (χ0n) is 11.1. The molecule has 2 aromatic rings. The molecule has 0 amide bonds. The molecule has 0 saturated heterocycles. The van der Waals surface area contributed by atoms with Gasteiger partial charge in [0.25, 0.3) is 0 Å². The van der Waals surface area contributed by atoms with Crippen LogP contribution < -0.4 is 15.4 Å². The van der Waals surface area contributed by atoms with Crippen molar-refractivity contribution in [3.63, 3.8) is 0 Å². The summed E-state index contributed by atoms with van der Waals surface area (Å²) in [5, 5.41) is 6.60. The second-order valence-electron chi connectivity index (χ2n) is 4.58. The summed E-state index contributed by atoms with van der Waals surface area (Å²) in [6.45, 7) is 1.05. The lowest BCUT2D eigenvalue weighted by molar-refractivity contribution is 0.394. The van der Waals surface area contributed by atoms with E-state index in [1.165, 1.54) is 17.7 Å². The summed E-state index contributed by atoms with van der Waals surface area (Å²) in [6.07, 6.45) is 3.94. The van der Waals surface area contributed by atoms with Gasteiger partial charge in [-0.3, -0.25) is 0 Å². The number of aryl methyl sites for hydroxylation is 1. The summed E-state index contributed by atoms with van der Waals surface area (Å²) >= 11 is 3.34. The normalized spacial score (nSPS) is 13.3. The van der Waals surface area contributed by atoms with Gasteiger partial charge in [-0.1, -0.05) is 0 Å². The van der Waals surface area contributed by atoms with Crippen LogP contribution in [0.15, 0.2) is 28.9 Å². The number of nitrogens with one attached hydrogen (secondary N) is 2. The molecule has 0 atom stereocenters. The van der Waals surface area contributed by atoms with Crippen molar-refractivity contribution in [2.45, 2.75) is 12.8 Å². The maximum absolute atomic E-state index is 5.17. The number of ether oxygens (including phenoxy) is 1. The Balaban J connectivity index is 1.84. The van der Waals surface area contributed by atoms with Gasteiger partial charge in [-0.15, -0.1) is 0 Å². The third kappa shape index (κ3) is 2.70. The Kier molecular flexibility index (Phi) is 3.73. The molecule has 104 valence electrons. The van der Waals surface area contributed by atoms with Crippen LogP contribution in [-0.2, 0) is 6.42 Å². The van der Waals surface area contributed by atoms with Crippen molar-refractivity contribution in [1.82, 2.24) is 9.97 Å². The Labute approximate surface area is 125 Å². The van der Waals surface area contributed by atoms with E-state index in [0.717, 1.165) is 23.1 Å². The fraction of sp³-hybridized carbons (Fsp3) is 0.286. The number of methoxy groups -OCH3 is 1. The van der Waals surface area contributed by atoms with Crippen LogP contribution in [0.25, 0.3) is 0 Å². The highest BCUT2D eigenvalue weighted by atomic mass is 79.9. The number of aromatic nitrogens is 2.